The van der Waals surface area contributed by atoms with E-state index in [0.717, 1.165) is 24.2 Å². The summed E-state index contributed by atoms with van der Waals surface area (Å²) in [5.41, 5.74) is 0.857. The van der Waals surface area contributed by atoms with Crippen LogP contribution in [0.1, 0.15) is 45.3 Å². The van der Waals surface area contributed by atoms with Crippen LogP contribution in [0.15, 0.2) is 24.3 Å². The molecule has 3 rings (SSSR count). The molecule has 2 N–H and O–H groups in total. The predicted molar refractivity (Wildman–Crippen MR) is 101 cm³/mol. The van der Waals surface area contributed by atoms with Crippen LogP contribution in [0.25, 0.3) is 0 Å². The highest BCUT2D eigenvalue weighted by Gasteiger charge is 2.51. The number of hydrogen-bond acceptors (Lipinski definition) is 4. The second-order valence-electron chi connectivity index (χ2n) is 9.09. The first-order valence-electron chi connectivity index (χ1n) is 9.37. The van der Waals surface area contributed by atoms with E-state index in [4.69, 9.17) is 9.16 Å². The molecule has 2 heterocycles. The zero-order valence-corrected chi connectivity index (χ0v) is 17.0. The Morgan fingerprint density at radius 2 is 1.92 bits per heavy atom. The average Bonchev–Trinajstić information content (AvgIpc) is 3.13. The Morgan fingerprint density at radius 1 is 1.24 bits per heavy atom. The molecule has 1 unspecified atom stereocenters. The number of aliphatic hydroxyl groups excluding tert-OH is 2. The second kappa shape index (κ2) is 6.69. The average molecular weight is 365 g/mol. The van der Waals surface area contributed by atoms with Gasteiger partial charge in [-0.1, -0.05) is 32.9 Å². The fraction of sp³-hybridized carbons (Fsp3) is 0.700. The first-order valence-corrected chi connectivity index (χ1v) is 12.3. The van der Waals surface area contributed by atoms with Crippen LogP contribution in [0.2, 0.25) is 18.1 Å². The van der Waals surface area contributed by atoms with Gasteiger partial charge >= 0.3 is 0 Å². The number of ether oxygens (including phenoxy) is 1. The lowest BCUT2D eigenvalue weighted by molar-refractivity contribution is 0.0303. The summed E-state index contributed by atoms with van der Waals surface area (Å²) >= 11 is 0. The largest absolute Gasteiger partial charge is 0.543 e. The summed E-state index contributed by atoms with van der Waals surface area (Å²) in [6, 6.07) is 7.83. The number of fused-ring (bicyclic) bond motifs is 2. The molecule has 0 amide bonds. The van der Waals surface area contributed by atoms with Gasteiger partial charge in [-0.05, 0) is 48.7 Å². The van der Waals surface area contributed by atoms with E-state index >= 15 is 0 Å². The summed E-state index contributed by atoms with van der Waals surface area (Å²) in [7, 11) is -1.91. The zero-order valence-electron chi connectivity index (χ0n) is 16.0. The fourth-order valence-corrected chi connectivity index (χ4v) is 4.94. The Hall–Kier alpha value is -0.883. The van der Waals surface area contributed by atoms with Gasteiger partial charge in [-0.15, -0.1) is 0 Å². The standard InChI is InChI=1S/C20H32O4Si/c1-20(2,3)25(4,5)24-14-8-6-7-13(11-14)19(22)18-15(12-21)16-9-10-17(18)23-16/h6-8,11,15-19,21-22H,9-10,12H2,1-5H3/t15-,16+,17-,18+,19?/m0/s1. The topological polar surface area (TPSA) is 58.9 Å². The van der Waals surface area contributed by atoms with Crippen LogP contribution in [-0.4, -0.2) is 37.3 Å². The Labute approximate surface area is 152 Å². The number of rotatable bonds is 5. The van der Waals surface area contributed by atoms with Crippen LogP contribution < -0.4 is 4.43 Å². The van der Waals surface area contributed by atoms with Crippen molar-refractivity contribution in [3.8, 4) is 5.75 Å². The second-order valence-corrected chi connectivity index (χ2v) is 13.8. The van der Waals surface area contributed by atoms with Crippen LogP contribution in [0.4, 0.5) is 0 Å². The highest BCUT2D eigenvalue weighted by molar-refractivity contribution is 6.74. The maximum atomic E-state index is 11.0. The number of hydrogen-bond donors (Lipinski definition) is 2. The fourth-order valence-electron chi connectivity index (χ4n) is 3.92. The van der Waals surface area contributed by atoms with E-state index in [9.17, 15) is 10.2 Å². The van der Waals surface area contributed by atoms with Crippen molar-refractivity contribution in [3.63, 3.8) is 0 Å². The van der Waals surface area contributed by atoms with E-state index in [-0.39, 0.29) is 35.7 Å². The van der Waals surface area contributed by atoms with Crippen molar-refractivity contribution in [1.82, 2.24) is 0 Å². The number of benzene rings is 1. The van der Waals surface area contributed by atoms with Crippen LogP contribution in [0.3, 0.4) is 0 Å². The van der Waals surface area contributed by atoms with E-state index < -0.39 is 14.4 Å². The molecule has 1 aromatic rings. The normalized spacial score (nSPS) is 30.5. The maximum Gasteiger partial charge on any atom is 0.250 e. The molecular weight excluding hydrogens is 332 g/mol. The minimum absolute atomic E-state index is 0.0266. The molecular formula is C20H32O4Si. The molecule has 2 saturated heterocycles. The Morgan fingerprint density at radius 3 is 2.56 bits per heavy atom. The van der Waals surface area contributed by atoms with Gasteiger partial charge in [0.2, 0.25) is 8.32 Å². The van der Waals surface area contributed by atoms with E-state index in [1.54, 1.807) is 0 Å². The lowest BCUT2D eigenvalue weighted by Crippen LogP contribution is -2.43. The van der Waals surface area contributed by atoms with Gasteiger partial charge in [0, 0.05) is 18.4 Å². The molecule has 0 spiro atoms. The summed E-state index contributed by atoms with van der Waals surface area (Å²) in [5, 5.41) is 20.9. The summed E-state index contributed by atoms with van der Waals surface area (Å²) in [5.74, 6) is 0.818. The van der Waals surface area contributed by atoms with Gasteiger partial charge in [0.05, 0.1) is 18.3 Å². The molecule has 2 aliphatic heterocycles. The molecule has 2 bridgehead atoms. The van der Waals surface area contributed by atoms with Crippen molar-refractivity contribution in [1.29, 1.82) is 0 Å². The third kappa shape index (κ3) is 3.52. The molecule has 0 aromatic heterocycles. The molecule has 5 heteroatoms. The lowest BCUT2D eigenvalue weighted by atomic mass is 9.75. The van der Waals surface area contributed by atoms with Crippen molar-refractivity contribution >= 4 is 8.32 Å². The molecule has 2 aliphatic rings. The Balaban J connectivity index is 1.80. The van der Waals surface area contributed by atoms with Crippen molar-refractivity contribution in [2.24, 2.45) is 11.8 Å². The van der Waals surface area contributed by atoms with Crippen molar-refractivity contribution in [2.75, 3.05) is 6.61 Å². The molecule has 1 aromatic carbocycles. The predicted octanol–water partition coefficient (Wildman–Crippen LogP) is 3.89. The van der Waals surface area contributed by atoms with Crippen molar-refractivity contribution < 1.29 is 19.4 Å². The Kier molecular flexibility index (Phi) is 5.06. The van der Waals surface area contributed by atoms with Gasteiger partial charge in [0.25, 0.3) is 0 Å². The molecule has 0 aliphatic carbocycles. The third-order valence-electron chi connectivity index (χ3n) is 6.44. The molecule has 0 radical (unpaired) electrons. The quantitative estimate of drug-likeness (QED) is 0.778. The lowest BCUT2D eigenvalue weighted by Gasteiger charge is -2.36. The van der Waals surface area contributed by atoms with Crippen LogP contribution >= 0.6 is 0 Å². The zero-order chi connectivity index (χ0) is 18.4. The highest BCUT2D eigenvalue weighted by atomic mass is 28.4. The van der Waals surface area contributed by atoms with E-state index in [0.29, 0.717) is 0 Å². The van der Waals surface area contributed by atoms with E-state index in [1.807, 2.05) is 24.3 Å². The molecule has 2 fully saturated rings. The minimum atomic E-state index is -1.91. The van der Waals surface area contributed by atoms with Gasteiger partial charge in [0.1, 0.15) is 5.75 Å². The summed E-state index contributed by atoms with van der Waals surface area (Å²) in [4.78, 5) is 0. The van der Waals surface area contributed by atoms with Gasteiger partial charge in [-0.25, -0.2) is 0 Å². The number of aliphatic hydroxyl groups is 2. The van der Waals surface area contributed by atoms with Crippen LogP contribution in [-0.2, 0) is 4.74 Å². The molecule has 5 atom stereocenters. The third-order valence-corrected chi connectivity index (χ3v) is 10.8. The highest BCUT2D eigenvalue weighted by Crippen LogP contribution is 2.48. The SMILES string of the molecule is CC(C)(C)[Si](C)(C)Oc1cccc(C(O)[C@@H]2[C@@H](CO)[C@H]3CC[C@@H]2O3)c1. The summed E-state index contributed by atoms with van der Waals surface area (Å²) < 4.78 is 12.3. The summed E-state index contributed by atoms with van der Waals surface area (Å²) in [6.45, 7) is 11.2. The van der Waals surface area contributed by atoms with Crippen molar-refractivity contribution in [2.45, 2.75) is 70.1 Å². The molecule has 0 saturated carbocycles. The molecule has 4 nitrogen and oxygen atoms in total. The Bertz CT molecular complexity index is 610. The summed E-state index contributed by atoms with van der Waals surface area (Å²) in [6.07, 6.45) is 1.50. The van der Waals surface area contributed by atoms with Gasteiger partial charge in [-0.3, -0.25) is 0 Å². The molecule has 140 valence electrons. The first-order chi connectivity index (χ1) is 11.6. The van der Waals surface area contributed by atoms with Crippen molar-refractivity contribution in [3.05, 3.63) is 29.8 Å². The van der Waals surface area contributed by atoms with E-state index in [1.165, 1.54) is 0 Å². The van der Waals surface area contributed by atoms with Crippen LogP contribution in [0.5, 0.6) is 5.75 Å². The van der Waals surface area contributed by atoms with E-state index in [2.05, 4.69) is 33.9 Å². The van der Waals surface area contributed by atoms with Gasteiger partial charge in [0.15, 0.2) is 0 Å². The maximum absolute atomic E-state index is 11.0. The van der Waals surface area contributed by atoms with Gasteiger partial charge in [-0.2, -0.15) is 0 Å². The minimum Gasteiger partial charge on any atom is -0.543 e. The monoisotopic (exact) mass is 364 g/mol. The van der Waals surface area contributed by atoms with Gasteiger partial charge < -0.3 is 19.4 Å². The molecule has 25 heavy (non-hydrogen) atoms. The first kappa shape index (κ1) is 18.9. The smallest absolute Gasteiger partial charge is 0.250 e. The van der Waals surface area contributed by atoms with Crippen LogP contribution in [0, 0.1) is 11.8 Å².